The van der Waals surface area contributed by atoms with Crippen LogP contribution < -0.4 is 0 Å². The fourth-order valence-corrected chi connectivity index (χ4v) is 4.56. The van der Waals surface area contributed by atoms with E-state index in [1.807, 2.05) is 20.8 Å². The Bertz CT molecular complexity index is 773. The van der Waals surface area contributed by atoms with Gasteiger partial charge >= 0.3 is 0 Å². The predicted octanol–water partition coefficient (Wildman–Crippen LogP) is 8.73. The summed E-state index contributed by atoms with van der Waals surface area (Å²) in [6, 6.07) is 0. The molecule has 0 amide bonds. The summed E-state index contributed by atoms with van der Waals surface area (Å²) in [7, 11) is 0. The molecule has 0 aromatic heterocycles. The summed E-state index contributed by atoms with van der Waals surface area (Å²) >= 11 is 0. The van der Waals surface area contributed by atoms with Gasteiger partial charge in [0.2, 0.25) is 0 Å². The summed E-state index contributed by atoms with van der Waals surface area (Å²) in [6.07, 6.45) is 12.9. The molecule has 32 heavy (non-hydrogen) atoms. The van der Waals surface area contributed by atoms with Gasteiger partial charge in [-0.25, -0.2) is 0 Å². The van der Waals surface area contributed by atoms with Gasteiger partial charge in [-0.1, -0.05) is 84.8 Å². The Labute approximate surface area is 198 Å². The van der Waals surface area contributed by atoms with Crippen LogP contribution in [-0.2, 0) is 9.59 Å². The molecule has 2 atom stereocenters. The van der Waals surface area contributed by atoms with Crippen LogP contribution in [0.15, 0.2) is 46.1 Å². The fraction of sp³-hybridized carbons (Fsp3) is 0.667. The molecule has 0 spiro atoms. The third kappa shape index (κ3) is 9.04. The third-order valence-corrected chi connectivity index (χ3v) is 7.17. The van der Waals surface area contributed by atoms with Gasteiger partial charge in [0.25, 0.3) is 0 Å². The minimum atomic E-state index is -0.169. The highest BCUT2D eigenvalue weighted by molar-refractivity contribution is 6.31. The van der Waals surface area contributed by atoms with Crippen molar-refractivity contribution >= 4 is 11.6 Å². The zero-order chi connectivity index (χ0) is 24.4. The summed E-state index contributed by atoms with van der Waals surface area (Å²) in [6.45, 7) is 21.0. The van der Waals surface area contributed by atoms with Crippen molar-refractivity contribution in [2.24, 2.45) is 17.8 Å². The quantitative estimate of drug-likeness (QED) is 0.200. The van der Waals surface area contributed by atoms with Gasteiger partial charge in [0.15, 0.2) is 11.6 Å². The Kier molecular flexibility index (Phi) is 12.2. The maximum Gasteiger partial charge on any atom is 0.193 e. The second-order valence-corrected chi connectivity index (χ2v) is 10.8. The van der Waals surface area contributed by atoms with Crippen LogP contribution in [0.1, 0.15) is 113 Å². The number of carbonyl (C=O) groups is 2. The van der Waals surface area contributed by atoms with Gasteiger partial charge < -0.3 is 0 Å². The van der Waals surface area contributed by atoms with Crippen LogP contribution >= 0.6 is 0 Å². The molecule has 2 heteroatoms. The van der Waals surface area contributed by atoms with E-state index in [-0.39, 0.29) is 11.6 Å². The Balaban J connectivity index is 2.41. The van der Waals surface area contributed by atoms with E-state index < -0.39 is 0 Å². The monoisotopic (exact) mass is 440 g/mol. The van der Waals surface area contributed by atoms with Crippen molar-refractivity contribution in [1.82, 2.24) is 0 Å². The zero-order valence-corrected chi connectivity index (χ0v) is 22.2. The molecule has 0 radical (unpaired) electrons. The number of allylic oxidation sites excluding steroid dienone is 7. The van der Waals surface area contributed by atoms with E-state index in [0.717, 1.165) is 52.9 Å². The standard InChI is InChI=1S/C30H48O2/c1-20(2)13-10-14-21(3)15-11-16-22(4)17-12-18-23(5)19-28(31)29-26(8)24(6)25(7)27(9)30(29)32/h19-22H,6,10-18H2,1-5,7-9H3/b23-19+. The van der Waals surface area contributed by atoms with Crippen molar-refractivity contribution in [3.63, 3.8) is 0 Å². The molecule has 1 aliphatic carbocycles. The van der Waals surface area contributed by atoms with Gasteiger partial charge in [-0.05, 0) is 81.1 Å². The molecule has 0 saturated heterocycles. The molecule has 180 valence electrons. The molecule has 0 heterocycles. The Hall–Kier alpha value is -1.70. The molecule has 1 rings (SSSR count). The molecule has 0 N–H and O–H groups in total. The lowest BCUT2D eigenvalue weighted by Gasteiger charge is -2.20. The molecular weight excluding hydrogens is 392 g/mol. The predicted molar refractivity (Wildman–Crippen MR) is 139 cm³/mol. The molecule has 0 saturated carbocycles. The highest BCUT2D eigenvalue weighted by Gasteiger charge is 2.28. The van der Waals surface area contributed by atoms with Crippen LogP contribution in [-0.4, -0.2) is 11.6 Å². The number of rotatable bonds is 14. The van der Waals surface area contributed by atoms with E-state index in [2.05, 4.69) is 34.3 Å². The fourth-order valence-electron chi connectivity index (χ4n) is 4.56. The first kappa shape index (κ1) is 28.3. The van der Waals surface area contributed by atoms with Crippen molar-refractivity contribution in [2.45, 2.75) is 113 Å². The van der Waals surface area contributed by atoms with Crippen molar-refractivity contribution in [3.05, 3.63) is 46.1 Å². The topological polar surface area (TPSA) is 34.1 Å². The highest BCUT2D eigenvalue weighted by Crippen LogP contribution is 2.31. The smallest absolute Gasteiger partial charge is 0.193 e. The lowest BCUT2D eigenvalue weighted by molar-refractivity contribution is -0.117. The minimum Gasteiger partial charge on any atom is -0.289 e. The zero-order valence-electron chi connectivity index (χ0n) is 22.2. The number of ketones is 2. The van der Waals surface area contributed by atoms with Crippen molar-refractivity contribution in [3.8, 4) is 0 Å². The summed E-state index contributed by atoms with van der Waals surface area (Å²) in [5.74, 6) is 2.08. The molecule has 0 bridgehead atoms. The minimum absolute atomic E-state index is 0.145. The SMILES string of the molecule is C=C1C(C)=C(C)C(=O)C(C(=O)/C=C(\C)CCCC(C)CCCC(C)CCCC(C)C)=C1C. The third-order valence-electron chi connectivity index (χ3n) is 7.17. The first-order chi connectivity index (χ1) is 15.0. The maximum absolute atomic E-state index is 12.8. The van der Waals surface area contributed by atoms with E-state index in [1.165, 1.54) is 44.9 Å². The summed E-state index contributed by atoms with van der Waals surface area (Å²) in [5, 5.41) is 0. The van der Waals surface area contributed by atoms with Gasteiger partial charge in [-0.2, -0.15) is 0 Å². The van der Waals surface area contributed by atoms with Crippen molar-refractivity contribution in [2.75, 3.05) is 0 Å². The van der Waals surface area contributed by atoms with E-state index in [1.54, 1.807) is 13.0 Å². The molecule has 0 aromatic carbocycles. The Morgan fingerprint density at radius 1 is 0.812 bits per heavy atom. The van der Waals surface area contributed by atoms with Gasteiger partial charge in [-0.15, -0.1) is 0 Å². The van der Waals surface area contributed by atoms with E-state index in [9.17, 15) is 9.59 Å². The molecule has 0 aliphatic heterocycles. The van der Waals surface area contributed by atoms with Crippen molar-refractivity contribution in [1.29, 1.82) is 0 Å². The first-order valence-electron chi connectivity index (χ1n) is 12.8. The molecule has 0 fully saturated rings. The average Bonchev–Trinajstić information content (AvgIpc) is 2.70. The van der Waals surface area contributed by atoms with Crippen LogP contribution in [0.4, 0.5) is 0 Å². The lowest BCUT2D eigenvalue weighted by atomic mass is 9.82. The highest BCUT2D eigenvalue weighted by atomic mass is 16.1. The molecule has 0 aromatic rings. The normalized spacial score (nSPS) is 17.5. The van der Waals surface area contributed by atoms with Crippen molar-refractivity contribution < 1.29 is 9.59 Å². The molecule has 2 unspecified atom stereocenters. The van der Waals surface area contributed by atoms with Gasteiger partial charge in [0, 0.05) is 5.57 Å². The molecule has 2 nitrogen and oxygen atoms in total. The number of carbonyl (C=O) groups excluding carboxylic acids is 2. The average molecular weight is 441 g/mol. The Morgan fingerprint density at radius 3 is 1.84 bits per heavy atom. The Morgan fingerprint density at radius 2 is 1.31 bits per heavy atom. The largest absolute Gasteiger partial charge is 0.289 e. The van der Waals surface area contributed by atoms with Crippen LogP contribution in [0.3, 0.4) is 0 Å². The first-order valence-corrected chi connectivity index (χ1v) is 12.8. The molecular formula is C30H48O2. The van der Waals surface area contributed by atoms with Crippen LogP contribution in [0.25, 0.3) is 0 Å². The van der Waals surface area contributed by atoms with Gasteiger partial charge in [0.1, 0.15) is 0 Å². The second-order valence-electron chi connectivity index (χ2n) is 10.8. The lowest BCUT2D eigenvalue weighted by Crippen LogP contribution is -2.20. The van der Waals surface area contributed by atoms with E-state index >= 15 is 0 Å². The molecule has 1 aliphatic rings. The van der Waals surface area contributed by atoms with Gasteiger partial charge in [-0.3, -0.25) is 9.59 Å². The number of hydrogen-bond donors (Lipinski definition) is 0. The van der Waals surface area contributed by atoms with E-state index in [0.29, 0.717) is 11.1 Å². The number of Topliss-reactive ketones (excluding diaryl/α,β-unsaturated/α-hetero) is 1. The van der Waals surface area contributed by atoms with Gasteiger partial charge in [0.05, 0.1) is 5.57 Å². The summed E-state index contributed by atoms with van der Waals surface area (Å²) < 4.78 is 0. The number of hydrogen-bond acceptors (Lipinski definition) is 2. The summed E-state index contributed by atoms with van der Waals surface area (Å²) in [5.41, 5.74) is 4.41. The van der Waals surface area contributed by atoms with E-state index in [4.69, 9.17) is 0 Å². The maximum atomic E-state index is 12.8. The second kappa shape index (κ2) is 13.8. The van der Waals surface area contributed by atoms with Crippen LogP contribution in [0, 0.1) is 17.8 Å². The van der Waals surface area contributed by atoms with Crippen LogP contribution in [0.5, 0.6) is 0 Å². The summed E-state index contributed by atoms with van der Waals surface area (Å²) in [4.78, 5) is 25.5. The van der Waals surface area contributed by atoms with Crippen LogP contribution in [0.2, 0.25) is 0 Å².